The Morgan fingerprint density at radius 2 is 2.41 bits per heavy atom. The summed E-state index contributed by atoms with van der Waals surface area (Å²) in [5.41, 5.74) is 7.27. The van der Waals surface area contributed by atoms with Crippen LogP contribution in [0.4, 0.5) is 5.69 Å². The summed E-state index contributed by atoms with van der Waals surface area (Å²) in [5, 5.41) is 9.12. The van der Waals surface area contributed by atoms with Crippen LogP contribution in [-0.2, 0) is 0 Å². The summed E-state index contributed by atoms with van der Waals surface area (Å²) in [4.78, 5) is 6.40. The molecule has 4 heteroatoms. The fraction of sp³-hybridized carbons (Fsp3) is 0.538. The molecule has 2 atom stereocenters. The lowest BCUT2D eigenvalue weighted by molar-refractivity contribution is 0.400. The van der Waals surface area contributed by atoms with Crippen LogP contribution in [-0.4, -0.2) is 23.6 Å². The van der Waals surface area contributed by atoms with Gasteiger partial charge in [0.05, 0.1) is 5.69 Å². The minimum Gasteiger partial charge on any atom is -0.362 e. The van der Waals surface area contributed by atoms with Crippen molar-refractivity contribution in [3.63, 3.8) is 0 Å². The summed E-state index contributed by atoms with van der Waals surface area (Å²) in [6, 6.07) is 6.77. The van der Waals surface area contributed by atoms with Crippen LogP contribution in [0.1, 0.15) is 31.9 Å². The summed E-state index contributed by atoms with van der Waals surface area (Å²) in [5.74, 6) is 0. The topological polar surface area (TPSA) is 65.9 Å². The van der Waals surface area contributed by atoms with Crippen molar-refractivity contribution in [2.24, 2.45) is 5.73 Å². The number of nitrogens with zero attached hydrogens (tertiary/aromatic N) is 3. The smallest absolute Gasteiger partial charge is 0.163 e. The maximum absolute atomic E-state index is 9.12. The molecule has 0 aromatic carbocycles. The molecule has 0 aliphatic carbocycles. The van der Waals surface area contributed by atoms with Crippen molar-refractivity contribution in [2.75, 3.05) is 11.4 Å². The average Bonchev–Trinajstić information content (AvgIpc) is 2.38. The Bertz CT molecular complexity index is 424. The van der Waals surface area contributed by atoms with E-state index in [9.17, 15) is 0 Å². The molecule has 0 saturated carbocycles. The number of hydrogen-bond donors (Lipinski definition) is 1. The number of piperidine rings is 1. The van der Waals surface area contributed by atoms with Gasteiger partial charge >= 0.3 is 0 Å². The first kappa shape index (κ1) is 11.9. The van der Waals surface area contributed by atoms with Crippen molar-refractivity contribution in [1.29, 1.82) is 5.26 Å². The number of pyridine rings is 1. The van der Waals surface area contributed by atoms with Gasteiger partial charge in [-0.15, -0.1) is 0 Å². The summed E-state index contributed by atoms with van der Waals surface area (Å²) >= 11 is 0. The van der Waals surface area contributed by atoms with Crippen molar-refractivity contribution in [1.82, 2.24) is 4.98 Å². The van der Waals surface area contributed by atoms with Crippen molar-refractivity contribution < 1.29 is 0 Å². The van der Waals surface area contributed by atoms with E-state index in [1.807, 2.05) is 12.1 Å². The summed E-state index contributed by atoms with van der Waals surface area (Å²) in [7, 11) is 0. The van der Waals surface area contributed by atoms with Crippen LogP contribution in [0, 0.1) is 11.3 Å². The van der Waals surface area contributed by atoms with Gasteiger partial charge in [-0.2, -0.15) is 5.26 Å². The maximum atomic E-state index is 9.12. The normalized spacial score (nSPS) is 24.4. The Hall–Kier alpha value is -1.60. The molecule has 2 N–H and O–H groups in total. The number of nitriles is 1. The molecule has 1 aliphatic heterocycles. The fourth-order valence-corrected chi connectivity index (χ4v) is 2.64. The van der Waals surface area contributed by atoms with Crippen LogP contribution < -0.4 is 10.6 Å². The highest BCUT2D eigenvalue weighted by atomic mass is 15.2. The van der Waals surface area contributed by atoms with Gasteiger partial charge < -0.3 is 10.6 Å². The van der Waals surface area contributed by atoms with E-state index in [0.717, 1.165) is 18.5 Å². The molecule has 90 valence electrons. The Labute approximate surface area is 102 Å². The van der Waals surface area contributed by atoms with E-state index < -0.39 is 0 Å². The van der Waals surface area contributed by atoms with Crippen LogP contribution in [0.25, 0.3) is 0 Å². The first-order valence-corrected chi connectivity index (χ1v) is 6.11. The van der Waals surface area contributed by atoms with Gasteiger partial charge in [-0.05, 0) is 38.3 Å². The first-order chi connectivity index (χ1) is 8.27. The third-order valence-electron chi connectivity index (χ3n) is 3.47. The molecule has 4 nitrogen and oxygen atoms in total. The third-order valence-corrected chi connectivity index (χ3v) is 3.47. The van der Waals surface area contributed by atoms with E-state index in [0.29, 0.717) is 24.3 Å². The quantitative estimate of drug-likeness (QED) is 0.839. The molecule has 1 saturated heterocycles. The van der Waals surface area contributed by atoms with Gasteiger partial charge in [-0.1, -0.05) is 0 Å². The average molecular weight is 230 g/mol. The third kappa shape index (κ3) is 2.25. The van der Waals surface area contributed by atoms with Gasteiger partial charge in [0, 0.05) is 24.8 Å². The number of hydrogen-bond acceptors (Lipinski definition) is 4. The molecule has 1 aliphatic rings. The van der Waals surface area contributed by atoms with Gasteiger partial charge in [0.1, 0.15) is 6.07 Å². The largest absolute Gasteiger partial charge is 0.362 e. The van der Waals surface area contributed by atoms with E-state index in [2.05, 4.69) is 22.9 Å². The number of aromatic nitrogens is 1. The minimum atomic E-state index is 0.329. The van der Waals surface area contributed by atoms with Gasteiger partial charge in [-0.25, -0.2) is 4.98 Å². The van der Waals surface area contributed by atoms with Crippen LogP contribution in [0.15, 0.2) is 18.3 Å². The molecule has 17 heavy (non-hydrogen) atoms. The highest BCUT2D eigenvalue weighted by molar-refractivity contribution is 5.57. The first-order valence-electron chi connectivity index (χ1n) is 6.11. The van der Waals surface area contributed by atoms with Crippen molar-refractivity contribution in [2.45, 2.75) is 38.3 Å². The van der Waals surface area contributed by atoms with Crippen LogP contribution in [0.2, 0.25) is 0 Å². The van der Waals surface area contributed by atoms with Gasteiger partial charge in [-0.3, -0.25) is 0 Å². The summed E-state index contributed by atoms with van der Waals surface area (Å²) in [6.45, 7) is 2.82. The molecule has 1 aromatic heterocycles. The predicted octanol–water partition coefficient (Wildman–Crippen LogP) is 1.66. The second kappa shape index (κ2) is 5.15. The van der Waals surface area contributed by atoms with Crippen molar-refractivity contribution >= 4 is 5.69 Å². The van der Waals surface area contributed by atoms with E-state index in [1.54, 1.807) is 6.20 Å². The molecule has 2 rings (SSSR count). The van der Waals surface area contributed by atoms with Crippen LogP contribution in [0.3, 0.4) is 0 Å². The van der Waals surface area contributed by atoms with E-state index in [4.69, 9.17) is 11.0 Å². The zero-order valence-corrected chi connectivity index (χ0v) is 10.1. The molecule has 1 fully saturated rings. The molecule has 0 radical (unpaired) electrons. The van der Waals surface area contributed by atoms with Crippen LogP contribution in [0.5, 0.6) is 0 Å². The highest BCUT2D eigenvalue weighted by Gasteiger charge is 2.28. The highest BCUT2D eigenvalue weighted by Crippen LogP contribution is 2.30. The Morgan fingerprint density at radius 3 is 3.12 bits per heavy atom. The summed E-state index contributed by atoms with van der Waals surface area (Å²) in [6.07, 6.45) is 5.12. The lowest BCUT2D eigenvalue weighted by Gasteiger charge is -2.42. The monoisotopic (exact) mass is 230 g/mol. The predicted molar refractivity (Wildman–Crippen MR) is 67.6 cm³/mol. The second-order valence-electron chi connectivity index (χ2n) is 4.56. The molecule has 2 heterocycles. The van der Waals surface area contributed by atoms with Crippen LogP contribution >= 0.6 is 0 Å². The second-order valence-corrected chi connectivity index (χ2v) is 4.56. The molecule has 2 unspecified atom stereocenters. The van der Waals surface area contributed by atoms with E-state index >= 15 is 0 Å². The lowest BCUT2D eigenvalue weighted by Crippen LogP contribution is -2.49. The fourth-order valence-electron chi connectivity index (χ4n) is 2.64. The zero-order chi connectivity index (χ0) is 12.3. The Kier molecular flexibility index (Phi) is 3.60. The lowest BCUT2D eigenvalue weighted by atomic mass is 9.95. The van der Waals surface area contributed by atoms with Crippen molar-refractivity contribution in [3.05, 3.63) is 24.0 Å². The van der Waals surface area contributed by atoms with E-state index in [1.165, 1.54) is 6.42 Å². The Balaban J connectivity index is 2.38. The molecule has 0 bridgehead atoms. The Morgan fingerprint density at radius 1 is 1.59 bits per heavy atom. The van der Waals surface area contributed by atoms with Gasteiger partial charge in [0.2, 0.25) is 0 Å². The molecule has 0 amide bonds. The minimum absolute atomic E-state index is 0.329. The standard InChI is InChI=1S/C13H18N4/c1-10-4-2-5-11(8-14)17(10)13-6-3-7-16-12(13)9-15/h3,6-7,10-11H,2,4-5,8,14H2,1H3. The molecular weight excluding hydrogens is 212 g/mol. The zero-order valence-electron chi connectivity index (χ0n) is 10.1. The number of nitrogens with two attached hydrogens (primary N) is 1. The number of rotatable bonds is 2. The van der Waals surface area contributed by atoms with Gasteiger partial charge in [0.15, 0.2) is 5.69 Å². The molecular formula is C13H18N4. The van der Waals surface area contributed by atoms with E-state index in [-0.39, 0.29) is 0 Å². The SMILES string of the molecule is CC1CCCC(CN)N1c1cccnc1C#N. The van der Waals surface area contributed by atoms with Gasteiger partial charge in [0.25, 0.3) is 0 Å². The van der Waals surface area contributed by atoms with Crippen molar-refractivity contribution in [3.8, 4) is 6.07 Å². The number of anilines is 1. The summed E-state index contributed by atoms with van der Waals surface area (Å²) < 4.78 is 0. The molecule has 0 spiro atoms. The molecule has 1 aromatic rings. The maximum Gasteiger partial charge on any atom is 0.163 e.